The van der Waals surface area contributed by atoms with Crippen LogP contribution in [-0.4, -0.2) is 25.7 Å². The summed E-state index contributed by atoms with van der Waals surface area (Å²) in [5, 5.41) is 2.99. The van der Waals surface area contributed by atoms with Gasteiger partial charge in [-0.1, -0.05) is 29.7 Å². The Labute approximate surface area is 161 Å². The Morgan fingerprint density at radius 2 is 2.04 bits per heavy atom. The molecule has 7 heteroatoms. The lowest BCUT2D eigenvalue weighted by Gasteiger charge is -2.11. The van der Waals surface area contributed by atoms with Crippen LogP contribution in [0.4, 0.5) is 10.5 Å². The van der Waals surface area contributed by atoms with Crippen LogP contribution < -0.4 is 19.7 Å². The monoisotopic (exact) mass is 382 g/mol. The van der Waals surface area contributed by atoms with Crippen LogP contribution >= 0.6 is 11.6 Å². The fraction of sp³-hybridized carbons (Fsp3) is 0.100. The number of nitrogens with zero attached hydrogens (tertiary/aromatic N) is 1. The number of hydrogen-bond acceptors (Lipinski definition) is 4. The minimum absolute atomic E-state index is 0.111. The van der Waals surface area contributed by atoms with Gasteiger partial charge in [0, 0.05) is 5.02 Å². The van der Waals surface area contributed by atoms with Crippen molar-refractivity contribution in [3.63, 3.8) is 0 Å². The number of methoxy groups -OCH3 is 1. The number of benzene rings is 2. The number of nitrogens with one attached hydrogen (secondary N) is 1. The largest absolute Gasteiger partial charge is 0.493 e. The average Bonchev–Trinajstić information content (AvgIpc) is 2.93. The molecule has 1 N–H and O–H groups in total. The molecule has 1 saturated heterocycles. The summed E-state index contributed by atoms with van der Waals surface area (Å²) in [6.07, 6.45) is 6.74. The summed E-state index contributed by atoms with van der Waals surface area (Å²) in [6.45, 7) is 0.111. The molecule has 1 aliphatic heterocycles. The molecule has 27 heavy (non-hydrogen) atoms. The van der Waals surface area contributed by atoms with Crippen LogP contribution in [0.15, 0.2) is 48.2 Å². The number of carbonyl (C=O) groups excluding carboxylic acids is 2. The number of terminal acetylenes is 1. The number of ether oxygens (including phenoxy) is 2. The van der Waals surface area contributed by atoms with Crippen LogP contribution in [-0.2, 0) is 4.79 Å². The molecule has 0 saturated carbocycles. The first-order chi connectivity index (χ1) is 13.0. The van der Waals surface area contributed by atoms with Crippen molar-refractivity contribution in [3.8, 4) is 23.8 Å². The minimum Gasteiger partial charge on any atom is -0.493 e. The van der Waals surface area contributed by atoms with E-state index in [2.05, 4.69) is 11.2 Å². The van der Waals surface area contributed by atoms with Crippen LogP contribution in [0.3, 0.4) is 0 Å². The summed E-state index contributed by atoms with van der Waals surface area (Å²) in [7, 11) is 1.50. The zero-order valence-electron chi connectivity index (χ0n) is 14.4. The number of halogens is 1. The number of imide groups is 1. The van der Waals surface area contributed by atoms with Crippen LogP contribution in [0.1, 0.15) is 5.56 Å². The molecule has 6 nitrogen and oxygen atoms in total. The number of rotatable bonds is 5. The zero-order valence-corrected chi connectivity index (χ0v) is 15.1. The molecule has 0 aliphatic carbocycles. The number of anilines is 1. The van der Waals surface area contributed by atoms with Crippen LogP contribution in [0.2, 0.25) is 5.02 Å². The van der Waals surface area contributed by atoms with Gasteiger partial charge in [0.05, 0.1) is 12.8 Å². The molecule has 0 bridgehead atoms. The first-order valence-electron chi connectivity index (χ1n) is 7.90. The number of hydrogen-bond donors (Lipinski definition) is 1. The zero-order chi connectivity index (χ0) is 19.4. The predicted octanol–water partition coefficient (Wildman–Crippen LogP) is 3.46. The van der Waals surface area contributed by atoms with E-state index in [-0.39, 0.29) is 12.3 Å². The smallest absolute Gasteiger partial charge is 0.333 e. The molecule has 3 amide bonds. The Morgan fingerprint density at radius 1 is 1.22 bits per heavy atom. The van der Waals surface area contributed by atoms with Crippen molar-refractivity contribution in [1.29, 1.82) is 0 Å². The highest BCUT2D eigenvalue weighted by atomic mass is 35.5. The Bertz CT molecular complexity index is 978. The molecular formula is C20H15ClN2O4. The Balaban J connectivity index is 1.88. The van der Waals surface area contributed by atoms with Crippen molar-refractivity contribution < 1.29 is 19.1 Å². The standard InChI is InChI=1S/C20H15ClN2O4/c1-3-9-27-17-8-7-13(11-18(17)26-2)10-16-19(24)23(20(25)22-16)15-6-4-5-14(21)12-15/h1,4-8,10-12H,9H2,2H3,(H,22,25)/b16-10+. The van der Waals surface area contributed by atoms with Crippen LogP contribution in [0.5, 0.6) is 11.5 Å². The molecule has 1 heterocycles. The summed E-state index contributed by atoms with van der Waals surface area (Å²) in [6, 6.07) is 11.0. The number of amides is 3. The van der Waals surface area contributed by atoms with Crippen molar-refractivity contribution in [1.82, 2.24) is 5.32 Å². The van der Waals surface area contributed by atoms with Gasteiger partial charge in [-0.3, -0.25) is 4.79 Å². The second kappa shape index (κ2) is 7.85. The van der Waals surface area contributed by atoms with Crippen molar-refractivity contribution in [2.45, 2.75) is 0 Å². The van der Waals surface area contributed by atoms with Gasteiger partial charge >= 0.3 is 6.03 Å². The molecule has 1 fully saturated rings. The summed E-state index contributed by atoms with van der Waals surface area (Å²) >= 11 is 5.95. The van der Waals surface area contributed by atoms with Gasteiger partial charge < -0.3 is 14.8 Å². The summed E-state index contributed by atoms with van der Waals surface area (Å²) in [5.74, 6) is 2.85. The highest BCUT2D eigenvalue weighted by Crippen LogP contribution is 2.30. The minimum atomic E-state index is -0.547. The van der Waals surface area contributed by atoms with Gasteiger partial charge in [-0.2, -0.15) is 0 Å². The number of carbonyl (C=O) groups is 2. The van der Waals surface area contributed by atoms with E-state index in [4.69, 9.17) is 27.5 Å². The summed E-state index contributed by atoms with van der Waals surface area (Å²) in [4.78, 5) is 25.9. The van der Waals surface area contributed by atoms with Crippen LogP contribution in [0.25, 0.3) is 6.08 Å². The highest BCUT2D eigenvalue weighted by Gasteiger charge is 2.34. The summed E-state index contributed by atoms with van der Waals surface area (Å²) in [5.41, 5.74) is 1.18. The third kappa shape index (κ3) is 3.89. The SMILES string of the molecule is C#CCOc1ccc(/C=C2/NC(=O)N(c3cccc(Cl)c3)C2=O)cc1OC. The van der Waals surface area contributed by atoms with E-state index in [1.54, 1.807) is 48.5 Å². The van der Waals surface area contributed by atoms with Gasteiger partial charge in [-0.05, 0) is 42.0 Å². The Kier molecular flexibility index (Phi) is 5.34. The topological polar surface area (TPSA) is 67.9 Å². The van der Waals surface area contributed by atoms with Crippen LogP contribution in [0, 0.1) is 12.3 Å². The third-order valence-electron chi connectivity index (χ3n) is 3.75. The molecule has 0 aromatic heterocycles. The van der Waals surface area contributed by atoms with Crippen molar-refractivity contribution in [2.24, 2.45) is 0 Å². The second-order valence-electron chi connectivity index (χ2n) is 5.51. The lowest BCUT2D eigenvalue weighted by Crippen LogP contribution is -2.30. The van der Waals surface area contributed by atoms with Gasteiger partial charge in [0.1, 0.15) is 12.3 Å². The van der Waals surface area contributed by atoms with E-state index in [1.165, 1.54) is 7.11 Å². The maximum absolute atomic E-state index is 12.6. The molecular weight excluding hydrogens is 368 g/mol. The van der Waals surface area contributed by atoms with E-state index < -0.39 is 11.9 Å². The molecule has 2 aromatic carbocycles. The van der Waals surface area contributed by atoms with E-state index in [1.807, 2.05) is 0 Å². The molecule has 0 radical (unpaired) electrons. The first-order valence-corrected chi connectivity index (χ1v) is 8.28. The van der Waals surface area contributed by atoms with E-state index in [9.17, 15) is 9.59 Å². The molecule has 1 aliphatic rings. The first kappa shape index (κ1) is 18.4. The van der Waals surface area contributed by atoms with Crippen molar-refractivity contribution in [3.05, 3.63) is 58.7 Å². The average molecular weight is 383 g/mol. The predicted molar refractivity (Wildman–Crippen MR) is 103 cm³/mol. The maximum atomic E-state index is 12.6. The summed E-state index contributed by atoms with van der Waals surface area (Å²) < 4.78 is 10.7. The Hall–Kier alpha value is -3.43. The molecule has 0 atom stereocenters. The number of urea groups is 1. The highest BCUT2D eigenvalue weighted by molar-refractivity contribution is 6.32. The molecule has 136 valence electrons. The lowest BCUT2D eigenvalue weighted by atomic mass is 10.1. The van der Waals surface area contributed by atoms with Gasteiger partial charge in [-0.25, -0.2) is 9.69 Å². The Morgan fingerprint density at radius 3 is 2.74 bits per heavy atom. The molecule has 2 aromatic rings. The normalized spacial score (nSPS) is 14.9. The fourth-order valence-corrected chi connectivity index (χ4v) is 2.75. The van der Waals surface area contributed by atoms with Gasteiger partial charge in [-0.15, -0.1) is 6.42 Å². The second-order valence-corrected chi connectivity index (χ2v) is 5.95. The van der Waals surface area contributed by atoms with Crippen molar-refractivity contribution in [2.75, 3.05) is 18.6 Å². The van der Waals surface area contributed by atoms with E-state index in [0.717, 1.165) is 4.90 Å². The molecule has 0 unspecified atom stereocenters. The molecule has 3 rings (SSSR count). The van der Waals surface area contributed by atoms with E-state index in [0.29, 0.717) is 27.8 Å². The van der Waals surface area contributed by atoms with E-state index >= 15 is 0 Å². The quantitative estimate of drug-likeness (QED) is 0.488. The third-order valence-corrected chi connectivity index (χ3v) is 3.99. The van der Waals surface area contributed by atoms with Crippen molar-refractivity contribution >= 4 is 35.3 Å². The van der Waals surface area contributed by atoms with Gasteiger partial charge in [0.15, 0.2) is 11.5 Å². The van der Waals surface area contributed by atoms with Gasteiger partial charge in [0.25, 0.3) is 5.91 Å². The molecule has 0 spiro atoms. The van der Waals surface area contributed by atoms with Gasteiger partial charge in [0.2, 0.25) is 0 Å². The fourth-order valence-electron chi connectivity index (χ4n) is 2.56. The maximum Gasteiger partial charge on any atom is 0.333 e. The lowest BCUT2D eigenvalue weighted by molar-refractivity contribution is -0.113.